The van der Waals surface area contributed by atoms with Crippen LogP contribution in [0.3, 0.4) is 0 Å². The number of aliphatic hydroxyl groups excluding tert-OH is 1. The van der Waals surface area contributed by atoms with E-state index in [1.54, 1.807) is 24.3 Å². The zero-order valence-electron chi connectivity index (χ0n) is 12.7. The van der Waals surface area contributed by atoms with Crippen molar-refractivity contribution in [1.29, 1.82) is 0 Å². The zero-order valence-corrected chi connectivity index (χ0v) is 12.7. The van der Waals surface area contributed by atoms with Gasteiger partial charge in [-0.3, -0.25) is 4.79 Å². The highest BCUT2D eigenvalue weighted by Crippen LogP contribution is 2.28. The van der Waals surface area contributed by atoms with Crippen molar-refractivity contribution in [2.45, 2.75) is 6.04 Å². The summed E-state index contributed by atoms with van der Waals surface area (Å²) in [6, 6.07) is 7.69. The SMILES string of the molecule is O=C(Nc1cc(F)cc(F)c1)NC1C=C(O)C(=O)Nc2ccccc21. The molecule has 0 saturated carbocycles. The fourth-order valence-corrected chi connectivity index (χ4v) is 2.45. The van der Waals surface area contributed by atoms with Crippen LogP contribution in [0.1, 0.15) is 11.6 Å². The van der Waals surface area contributed by atoms with Gasteiger partial charge in [-0.2, -0.15) is 0 Å². The Bertz CT molecular complexity index is 863. The van der Waals surface area contributed by atoms with Gasteiger partial charge in [-0.1, -0.05) is 18.2 Å². The molecular formula is C17H13F2N3O3. The minimum Gasteiger partial charge on any atom is -0.503 e. The lowest BCUT2D eigenvalue weighted by molar-refractivity contribution is -0.115. The molecule has 2 aromatic carbocycles. The summed E-state index contributed by atoms with van der Waals surface area (Å²) in [6.45, 7) is 0. The summed E-state index contributed by atoms with van der Waals surface area (Å²) in [7, 11) is 0. The smallest absolute Gasteiger partial charge is 0.319 e. The number of fused-ring (bicyclic) bond motifs is 1. The van der Waals surface area contributed by atoms with E-state index in [4.69, 9.17) is 0 Å². The maximum absolute atomic E-state index is 13.2. The Morgan fingerprint density at radius 2 is 1.80 bits per heavy atom. The molecule has 1 aliphatic rings. The monoisotopic (exact) mass is 345 g/mol. The number of rotatable bonds is 2. The van der Waals surface area contributed by atoms with Crippen molar-refractivity contribution in [2.24, 2.45) is 0 Å². The summed E-state index contributed by atoms with van der Waals surface area (Å²) in [5.41, 5.74) is 0.898. The van der Waals surface area contributed by atoms with Gasteiger partial charge in [0.1, 0.15) is 11.6 Å². The number of amides is 3. The molecular weight excluding hydrogens is 332 g/mol. The second kappa shape index (κ2) is 6.60. The fourth-order valence-electron chi connectivity index (χ4n) is 2.45. The maximum Gasteiger partial charge on any atom is 0.319 e. The summed E-state index contributed by atoms with van der Waals surface area (Å²) in [4.78, 5) is 23.9. The minimum atomic E-state index is -0.831. The van der Waals surface area contributed by atoms with Crippen LogP contribution in [0.15, 0.2) is 54.3 Å². The largest absolute Gasteiger partial charge is 0.503 e. The topological polar surface area (TPSA) is 90.5 Å². The second-order valence-electron chi connectivity index (χ2n) is 5.33. The first kappa shape index (κ1) is 16.4. The Kier molecular flexibility index (Phi) is 4.34. The lowest BCUT2D eigenvalue weighted by atomic mass is 10.1. The highest BCUT2D eigenvalue weighted by atomic mass is 19.1. The van der Waals surface area contributed by atoms with Crippen LogP contribution in [0.5, 0.6) is 0 Å². The van der Waals surface area contributed by atoms with Gasteiger partial charge in [0, 0.05) is 23.0 Å². The number of aliphatic hydroxyl groups is 1. The molecule has 4 N–H and O–H groups in total. The van der Waals surface area contributed by atoms with Crippen molar-refractivity contribution in [3.05, 3.63) is 71.5 Å². The van der Waals surface area contributed by atoms with Crippen LogP contribution < -0.4 is 16.0 Å². The molecule has 1 aliphatic heterocycles. The summed E-state index contributed by atoms with van der Waals surface area (Å²) in [5, 5.41) is 17.1. The molecule has 3 amide bonds. The van der Waals surface area contributed by atoms with E-state index in [0.29, 0.717) is 17.3 Å². The number of benzene rings is 2. The van der Waals surface area contributed by atoms with Crippen molar-refractivity contribution in [1.82, 2.24) is 5.32 Å². The van der Waals surface area contributed by atoms with Crippen LogP contribution in [0.2, 0.25) is 0 Å². The normalized spacial score (nSPS) is 16.2. The van der Waals surface area contributed by atoms with Gasteiger partial charge in [0.15, 0.2) is 5.76 Å². The van der Waals surface area contributed by atoms with Gasteiger partial charge in [-0.05, 0) is 24.3 Å². The molecule has 2 aromatic rings. The number of carbonyl (C=O) groups excluding carboxylic acids is 2. The molecule has 0 bridgehead atoms. The van der Waals surface area contributed by atoms with Gasteiger partial charge in [0.2, 0.25) is 0 Å². The molecule has 0 fully saturated rings. The van der Waals surface area contributed by atoms with Gasteiger partial charge < -0.3 is 21.1 Å². The maximum atomic E-state index is 13.2. The Labute approximate surface area is 141 Å². The van der Waals surface area contributed by atoms with Crippen LogP contribution in [0, 0.1) is 11.6 Å². The average Bonchev–Trinajstić information content (AvgIpc) is 2.64. The third-order valence-corrected chi connectivity index (χ3v) is 3.51. The average molecular weight is 345 g/mol. The number of nitrogens with one attached hydrogen (secondary N) is 3. The zero-order chi connectivity index (χ0) is 18.0. The van der Waals surface area contributed by atoms with Gasteiger partial charge in [-0.25, -0.2) is 13.6 Å². The number of urea groups is 1. The second-order valence-corrected chi connectivity index (χ2v) is 5.33. The van der Waals surface area contributed by atoms with Crippen molar-refractivity contribution < 1.29 is 23.5 Å². The van der Waals surface area contributed by atoms with E-state index < -0.39 is 35.4 Å². The third-order valence-electron chi connectivity index (χ3n) is 3.51. The van der Waals surface area contributed by atoms with E-state index in [9.17, 15) is 23.5 Å². The lowest BCUT2D eigenvalue weighted by Crippen LogP contribution is -2.32. The Morgan fingerprint density at radius 3 is 2.52 bits per heavy atom. The van der Waals surface area contributed by atoms with Gasteiger partial charge in [-0.15, -0.1) is 0 Å². The first-order chi connectivity index (χ1) is 11.9. The number of hydrogen-bond acceptors (Lipinski definition) is 3. The molecule has 0 saturated heterocycles. The molecule has 0 spiro atoms. The number of anilines is 2. The quantitative estimate of drug-likeness (QED) is 0.674. The van der Waals surface area contributed by atoms with E-state index in [0.717, 1.165) is 12.1 Å². The summed E-state index contributed by atoms with van der Waals surface area (Å²) in [6.07, 6.45) is 1.17. The van der Waals surface area contributed by atoms with Crippen LogP contribution in [-0.2, 0) is 4.79 Å². The highest BCUT2D eigenvalue weighted by Gasteiger charge is 2.23. The standard InChI is InChI=1S/C17H13F2N3O3/c18-9-5-10(19)7-11(6-9)20-17(25)22-14-8-15(23)16(24)21-13-4-2-1-3-12(13)14/h1-8,14,23H,(H,21,24)(H2,20,22,25). The third kappa shape index (κ3) is 3.74. The van der Waals surface area contributed by atoms with Crippen molar-refractivity contribution in [3.63, 3.8) is 0 Å². The van der Waals surface area contributed by atoms with E-state index in [1.807, 2.05) is 0 Å². The van der Waals surface area contributed by atoms with Gasteiger partial charge in [0.05, 0.1) is 6.04 Å². The first-order valence-electron chi connectivity index (χ1n) is 7.27. The van der Waals surface area contributed by atoms with Crippen molar-refractivity contribution in [3.8, 4) is 0 Å². The molecule has 1 heterocycles. The Morgan fingerprint density at radius 1 is 1.12 bits per heavy atom. The molecule has 0 aliphatic carbocycles. The molecule has 25 heavy (non-hydrogen) atoms. The van der Waals surface area contributed by atoms with E-state index in [-0.39, 0.29) is 5.69 Å². The summed E-state index contributed by atoms with van der Waals surface area (Å²) < 4.78 is 26.4. The molecule has 1 unspecified atom stereocenters. The van der Waals surface area contributed by atoms with E-state index in [1.165, 1.54) is 6.08 Å². The number of hydrogen-bond donors (Lipinski definition) is 4. The predicted molar refractivity (Wildman–Crippen MR) is 87.0 cm³/mol. The fraction of sp³-hybridized carbons (Fsp3) is 0.0588. The Hall–Kier alpha value is -3.42. The molecule has 6 nitrogen and oxygen atoms in total. The van der Waals surface area contributed by atoms with Crippen molar-refractivity contribution in [2.75, 3.05) is 10.6 Å². The number of carbonyl (C=O) groups is 2. The van der Waals surface area contributed by atoms with E-state index in [2.05, 4.69) is 16.0 Å². The summed E-state index contributed by atoms with van der Waals surface area (Å²) >= 11 is 0. The number of para-hydroxylation sites is 1. The van der Waals surface area contributed by atoms with E-state index >= 15 is 0 Å². The molecule has 3 rings (SSSR count). The molecule has 1 atom stereocenters. The molecule has 8 heteroatoms. The van der Waals surface area contributed by atoms with Crippen molar-refractivity contribution >= 4 is 23.3 Å². The van der Waals surface area contributed by atoms with Crippen LogP contribution >= 0.6 is 0 Å². The predicted octanol–water partition coefficient (Wildman–Crippen LogP) is 3.22. The lowest BCUT2D eigenvalue weighted by Gasteiger charge is -2.17. The van der Waals surface area contributed by atoms with Gasteiger partial charge in [0.25, 0.3) is 5.91 Å². The van der Waals surface area contributed by atoms with Crippen LogP contribution in [-0.4, -0.2) is 17.0 Å². The first-order valence-corrected chi connectivity index (χ1v) is 7.27. The van der Waals surface area contributed by atoms with Gasteiger partial charge >= 0.3 is 6.03 Å². The highest BCUT2D eigenvalue weighted by molar-refractivity contribution is 6.03. The Balaban J connectivity index is 1.83. The molecule has 128 valence electrons. The molecule has 0 radical (unpaired) electrons. The molecule has 0 aromatic heterocycles. The number of halogens is 2. The minimum absolute atomic E-state index is 0.0701. The van der Waals surface area contributed by atoms with Crippen LogP contribution in [0.25, 0.3) is 0 Å². The summed E-state index contributed by atoms with van der Waals surface area (Å²) in [5.74, 6) is -2.92. The van der Waals surface area contributed by atoms with Crippen LogP contribution in [0.4, 0.5) is 25.0 Å².